The van der Waals surface area contributed by atoms with E-state index in [1.165, 1.54) is 0 Å². The normalized spacial score (nSPS) is 19.2. The summed E-state index contributed by atoms with van der Waals surface area (Å²) in [6.45, 7) is 1.69. The lowest BCUT2D eigenvalue weighted by Crippen LogP contribution is -2.26. The predicted molar refractivity (Wildman–Crippen MR) is 67.8 cm³/mol. The summed E-state index contributed by atoms with van der Waals surface area (Å²) in [7, 11) is 0. The van der Waals surface area contributed by atoms with Gasteiger partial charge in [0.1, 0.15) is 23.5 Å². The number of carbonyl (C=O) groups excluding carboxylic acids is 1. The molecule has 0 radical (unpaired) electrons. The summed E-state index contributed by atoms with van der Waals surface area (Å²) in [4.78, 5) is 12.5. The Labute approximate surface area is 115 Å². The molecular formula is C14H16F3NO2. The van der Waals surface area contributed by atoms with Crippen molar-refractivity contribution in [2.24, 2.45) is 0 Å². The van der Waals surface area contributed by atoms with Crippen LogP contribution in [0.4, 0.5) is 13.2 Å². The molecule has 1 aliphatic heterocycles. The van der Waals surface area contributed by atoms with Crippen molar-refractivity contribution in [1.29, 1.82) is 0 Å². The minimum absolute atomic E-state index is 0.0722. The van der Waals surface area contributed by atoms with E-state index in [4.69, 9.17) is 4.74 Å². The van der Waals surface area contributed by atoms with Gasteiger partial charge in [-0.15, -0.1) is 0 Å². The summed E-state index contributed by atoms with van der Waals surface area (Å²) in [5.41, 5.74) is -0.589. The van der Waals surface area contributed by atoms with E-state index in [9.17, 15) is 18.0 Å². The average Bonchev–Trinajstić information content (AvgIpc) is 2.83. The molecule has 2 rings (SSSR count). The molecule has 1 aliphatic rings. The molecule has 1 heterocycles. The maximum absolute atomic E-state index is 13.4. The van der Waals surface area contributed by atoms with Crippen LogP contribution in [0.15, 0.2) is 12.1 Å². The van der Waals surface area contributed by atoms with Gasteiger partial charge in [0, 0.05) is 31.8 Å². The molecule has 0 N–H and O–H groups in total. The van der Waals surface area contributed by atoms with Crippen LogP contribution in [0.5, 0.6) is 5.75 Å². The van der Waals surface area contributed by atoms with Gasteiger partial charge in [-0.3, -0.25) is 14.1 Å². The topological polar surface area (TPSA) is 29.5 Å². The van der Waals surface area contributed by atoms with Crippen molar-refractivity contribution in [3.8, 4) is 5.75 Å². The molecule has 1 aromatic rings. The zero-order chi connectivity index (χ0) is 14.5. The quantitative estimate of drug-likeness (QED) is 0.753. The lowest BCUT2D eigenvalue weighted by Gasteiger charge is -2.16. The van der Waals surface area contributed by atoms with Crippen molar-refractivity contribution in [2.45, 2.75) is 18.9 Å². The summed E-state index contributed by atoms with van der Waals surface area (Å²) in [6, 6.07) is 2.02. The Balaban J connectivity index is 1.96. The number of hydrogen-bond acceptors (Lipinski definition) is 3. The second-order valence-electron chi connectivity index (χ2n) is 4.79. The minimum atomic E-state index is -0.928. The molecule has 1 fully saturated rings. The molecular weight excluding hydrogens is 271 g/mol. The molecule has 1 unspecified atom stereocenters. The zero-order valence-electron chi connectivity index (χ0n) is 10.9. The summed E-state index contributed by atoms with van der Waals surface area (Å²) in [6.07, 6.45) is 1.17. The molecule has 110 valence electrons. The maximum atomic E-state index is 13.4. The molecule has 1 saturated heterocycles. The first-order chi connectivity index (χ1) is 9.63. The third kappa shape index (κ3) is 3.50. The number of carbonyl (C=O) groups is 1. The van der Waals surface area contributed by atoms with E-state index in [1.807, 2.05) is 0 Å². The van der Waals surface area contributed by atoms with E-state index in [2.05, 4.69) is 4.90 Å². The minimum Gasteiger partial charge on any atom is -0.489 e. The van der Waals surface area contributed by atoms with Crippen molar-refractivity contribution in [3.63, 3.8) is 0 Å². The number of rotatable bonds is 6. The van der Waals surface area contributed by atoms with Gasteiger partial charge in [-0.1, -0.05) is 0 Å². The van der Waals surface area contributed by atoms with Gasteiger partial charge in [0.2, 0.25) is 0 Å². The van der Waals surface area contributed by atoms with Gasteiger partial charge < -0.3 is 4.74 Å². The van der Waals surface area contributed by atoms with Crippen LogP contribution in [0.25, 0.3) is 0 Å². The van der Waals surface area contributed by atoms with E-state index in [0.29, 0.717) is 19.5 Å². The highest BCUT2D eigenvalue weighted by Crippen LogP contribution is 2.23. The first-order valence-corrected chi connectivity index (χ1v) is 6.53. The van der Waals surface area contributed by atoms with Crippen LogP contribution in [0, 0.1) is 11.6 Å². The Morgan fingerprint density at radius 1 is 1.35 bits per heavy atom. The second-order valence-corrected chi connectivity index (χ2v) is 4.79. The second kappa shape index (κ2) is 6.74. The summed E-state index contributed by atoms with van der Waals surface area (Å²) in [5.74, 6) is -1.78. The number of halogens is 3. The van der Waals surface area contributed by atoms with Crippen molar-refractivity contribution in [1.82, 2.24) is 4.90 Å². The van der Waals surface area contributed by atoms with Crippen LogP contribution in [0.1, 0.15) is 23.2 Å². The smallest absolute Gasteiger partial charge is 0.155 e. The van der Waals surface area contributed by atoms with E-state index in [1.54, 1.807) is 0 Å². The number of alkyl halides is 1. The van der Waals surface area contributed by atoms with E-state index in [-0.39, 0.29) is 24.8 Å². The Kier molecular flexibility index (Phi) is 5.00. The van der Waals surface area contributed by atoms with Gasteiger partial charge in [0.15, 0.2) is 6.29 Å². The lowest BCUT2D eigenvalue weighted by molar-refractivity contribution is 0.111. The first kappa shape index (κ1) is 14.8. The van der Waals surface area contributed by atoms with Crippen LogP contribution in [-0.2, 0) is 0 Å². The van der Waals surface area contributed by atoms with Gasteiger partial charge in [-0.2, -0.15) is 0 Å². The summed E-state index contributed by atoms with van der Waals surface area (Å²) >= 11 is 0. The van der Waals surface area contributed by atoms with Crippen molar-refractivity contribution in [3.05, 3.63) is 29.3 Å². The Hall–Kier alpha value is -1.56. The third-order valence-electron chi connectivity index (χ3n) is 3.31. The Bertz CT molecular complexity index is 458. The number of nitrogens with zero attached hydrogens (tertiary/aromatic N) is 1. The Morgan fingerprint density at radius 3 is 2.65 bits per heavy atom. The molecule has 0 aliphatic carbocycles. The molecule has 0 amide bonds. The molecule has 1 aromatic carbocycles. The van der Waals surface area contributed by atoms with Crippen LogP contribution in [-0.4, -0.2) is 43.6 Å². The molecule has 20 heavy (non-hydrogen) atoms. The fraction of sp³-hybridized carbons (Fsp3) is 0.500. The van der Waals surface area contributed by atoms with Gasteiger partial charge >= 0.3 is 0 Å². The summed E-state index contributed by atoms with van der Waals surface area (Å²) in [5, 5.41) is 0. The molecule has 0 spiro atoms. The highest BCUT2D eigenvalue weighted by atomic mass is 19.1. The van der Waals surface area contributed by atoms with Crippen LogP contribution < -0.4 is 4.74 Å². The van der Waals surface area contributed by atoms with Crippen LogP contribution in [0.2, 0.25) is 0 Å². The number of hydrogen-bond donors (Lipinski definition) is 0. The number of ether oxygens (including phenoxy) is 1. The van der Waals surface area contributed by atoms with Gasteiger partial charge in [-0.05, 0) is 12.8 Å². The van der Waals surface area contributed by atoms with E-state index in [0.717, 1.165) is 25.1 Å². The largest absolute Gasteiger partial charge is 0.489 e. The van der Waals surface area contributed by atoms with Crippen molar-refractivity contribution in [2.75, 3.05) is 26.3 Å². The average molecular weight is 287 g/mol. The van der Waals surface area contributed by atoms with E-state index < -0.39 is 17.2 Å². The molecule has 3 nitrogen and oxygen atoms in total. The number of likely N-dealkylation sites (tertiary alicyclic amines) is 1. The maximum Gasteiger partial charge on any atom is 0.155 e. The highest BCUT2D eigenvalue weighted by molar-refractivity contribution is 5.75. The predicted octanol–water partition coefficient (Wildman–Crippen LogP) is 2.59. The molecule has 6 heteroatoms. The third-order valence-corrected chi connectivity index (χ3v) is 3.31. The standard InChI is InChI=1S/C14H16F3NO2/c15-3-1-4-18-5-2-10(8-18)20-11-6-13(16)12(9-19)14(17)7-11/h6-7,9-10H,1-5,8H2. The van der Waals surface area contributed by atoms with Gasteiger partial charge in [0.25, 0.3) is 0 Å². The SMILES string of the molecule is O=Cc1c(F)cc(OC2CCN(CCCF)C2)cc1F. The van der Waals surface area contributed by atoms with Crippen molar-refractivity contribution >= 4 is 6.29 Å². The number of benzene rings is 1. The van der Waals surface area contributed by atoms with Crippen LogP contribution in [0.3, 0.4) is 0 Å². The fourth-order valence-electron chi connectivity index (χ4n) is 2.31. The molecule has 0 bridgehead atoms. The fourth-order valence-corrected chi connectivity index (χ4v) is 2.31. The first-order valence-electron chi connectivity index (χ1n) is 6.53. The van der Waals surface area contributed by atoms with Crippen LogP contribution >= 0.6 is 0 Å². The highest BCUT2D eigenvalue weighted by Gasteiger charge is 2.24. The van der Waals surface area contributed by atoms with Gasteiger partial charge in [-0.25, -0.2) is 8.78 Å². The molecule has 0 aromatic heterocycles. The molecule has 0 saturated carbocycles. The van der Waals surface area contributed by atoms with Gasteiger partial charge in [0.05, 0.1) is 12.2 Å². The number of aldehydes is 1. The summed E-state index contributed by atoms with van der Waals surface area (Å²) < 4.78 is 44.4. The lowest BCUT2D eigenvalue weighted by atomic mass is 10.2. The van der Waals surface area contributed by atoms with E-state index >= 15 is 0 Å². The van der Waals surface area contributed by atoms with Crippen molar-refractivity contribution < 1.29 is 22.7 Å². The molecule has 1 atom stereocenters. The zero-order valence-corrected chi connectivity index (χ0v) is 10.9. The monoisotopic (exact) mass is 287 g/mol. The Morgan fingerprint density at radius 2 is 2.05 bits per heavy atom.